The van der Waals surface area contributed by atoms with E-state index < -0.39 is 14.3 Å². The molecule has 70 valence electrons. The van der Waals surface area contributed by atoms with E-state index in [-0.39, 0.29) is 0 Å². The van der Waals surface area contributed by atoms with E-state index in [1.807, 2.05) is 24.3 Å². The van der Waals surface area contributed by atoms with Gasteiger partial charge in [-0.2, -0.15) is 0 Å². The van der Waals surface area contributed by atoms with Gasteiger partial charge in [-0.05, 0) is 24.0 Å². The van der Waals surface area contributed by atoms with Gasteiger partial charge in [-0.1, -0.05) is 24.3 Å². The molecular formula is C9H9ClO2S. The van der Waals surface area contributed by atoms with Crippen LogP contribution in [0, 0.1) is 0 Å². The van der Waals surface area contributed by atoms with Crippen molar-refractivity contribution in [2.24, 2.45) is 0 Å². The Morgan fingerprint density at radius 1 is 1.15 bits per heavy atom. The van der Waals surface area contributed by atoms with Crippen molar-refractivity contribution < 1.29 is 8.42 Å². The second-order valence-electron chi connectivity index (χ2n) is 3.27. The Morgan fingerprint density at radius 2 is 1.62 bits per heavy atom. The van der Waals surface area contributed by atoms with Crippen molar-refractivity contribution in [3.8, 4) is 0 Å². The van der Waals surface area contributed by atoms with Gasteiger partial charge in [-0.15, -0.1) is 0 Å². The standard InChI is InChI=1S/C9H9ClO2S/c10-13(11,12)9-5-7-3-1-2-4-8(7)6-9/h1-4,9H,5-6H2. The molecule has 0 saturated heterocycles. The highest BCUT2D eigenvalue weighted by atomic mass is 35.7. The first kappa shape index (κ1) is 9.03. The van der Waals surface area contributed by atoms with Crippen LogP contribution in [0.1, 0.15) is 11.1 Å². The average molecular weight is 217 g/mol. The van der Waals surface area contributed by atoms with Crippen molar-refractivity contribution >= 4 is 19.7 Å². The van der Waals surface area contributed by atoms with Crippen LogP contribution >= 0.6 is 10.7 Å². The highest BCUT2D eigenvalue weighted by Gasteiger charge is 2.30. The fourth-order valence-electron chi connectivity index (χ4n) is 1.72. The van der Waals surface area contributed by atoms with E-state index in [0.717, 1.165) is 11.1 Å². The minimum Gasteiger partial charge on any atom is -0.212 e. The zero-order chi connectivity index (χ0) is 9.47. The fourth-order valence-corrected chi connectivity index (χ4v) is 2.85. The summed E-state index contributed by atoms with van der Waals surface area (Å²) in [4.78, 5) is 0. The molecule has 0 amide bonds. The lowest BCUT2D eigenvalue weighted by molar-refractivity contribution is 0.595. The highest BCUT2D eigenvalue weighted by molar-refractivity contribution is 8.14. The zero-order valence-corrected chi connectivity index (χ0v) is 8.48. The largest absolute Gasteiger partial charge is 0.236 e. The number of rotatable bonds is 1. The highest BCUT2D eigenvalue weighted by Crippen LogP contribution is 2.27. The third kappa shape index (κ3) is 1.71. The Balaban J connectivity index is 2.33. The van der Waals surface area contributed by atoms with Crippen molar-refractivity contribution in [3.05, 3.63) is 35.4 Å². The number of hydrogen-bond acceptors (Lipinski definition) is 2. The van der Waals surface area contributed by atoms with Crippen LogP contribution in [-0.4, -0.2) is 13.7 Å². The minimum atomic E-state index is -3.40. The van der Waals surface area contributed by atoms with Gasteiger partial charge in [0.05, 0.1) is 5.25 Å². The molecule has 2 rings (SSSR count). The van der Waals surface area contributed by atoms with Crippen LogP contribution < -0.4 is 0 Å². The van der Waals surface area contributed by atoms with Gasteiger partial charge >= 0.3 is 0 Å². The lowest BCUT2D eigenvalue weighted by Gasteiger charge is -2.01. The third-order valence-corrected chi connectivity index (χ3v) is 4.30. The van der Waals surface area contributed by atoms with Gasteiger partial charge in [0, 0.05) is 10.7 Å². The van der Waals surface area contributed by atoms with Crippen LogP contribution in [-0.2, 0) is 21.9 Å². The molecule has 0 fully saturated rings. The summed E-state index contributed by atoms with van der Waals surface area (Å²) in [5.41, 5.74) is 2.22. The van der Waals surface area contributed by atoms with E-state index in [2.05, 4.69) is 0 Å². The summed E-state index contributed by atoms with van der Waals surface area (Å²) in [6, 6.07) is 7.75. The summed E-state index contributed by atoms with van der Waals surface area (Å²) in [6.07, 6.45) is 1.12. The van der Waals surface area contributed by atoms with Gasteiger partial charge in [-0.25, -0.2) is 8.42 Å². The molecule has 0 saturated carbocycles. The maximum atomic E-state index is 11.1. The first-order chi connectivity index (χ1) is 6.07. The van der Waals surface area contributed by atoms with Crippen LogP contribution in [0.3, 0.4) is 0 Å². The van der Waals surface area contributed by atoms with Crippen molar-refractivity contribution in [2.75, 3.05) is 0 Å². The van der Waals surface area contributed by atoms with Gasteiger partial charge in [0.2, 0.25) is 9.05 Å². The smallest absolute Gasteiger partial charge is 0.212 e. The molecular weight excluding hydrogens is 208 g/mol. The normalized spacial score (nSPS) is 17.3. The summed E-state index contributed by atoms with van der Waals surface area (Å²) >= 11 is 0. The molecule has 0 aromatic heterocycles. The first-order valence-electron chi connectivity index (χ1n) is 4.07. The van der Waals surface area contributed by atoms with Gasteiger partial charge in [0.1, 0.15) is 0 Å². The molecule has 13 heavy (non-hydrogen) atoms. The van der Waals surface area contributed by atoms with Crippen LogP contribution in [0.15, 0.2) is 24.3 Å². The molecule has 0 radical (unpaired) electrons. The maximum Gasteiger partial charge on any atom is 0.236 e. The monoisotopic (exact) mass is 216 g/mol. The quantitative estimate of drug-likeness (QED) is 0.670. The molecule has 0 heterocycles. The van der Waals surface area contributed by atoms with Crippen molar-refractivity contribution in [1.29, 1.82) is 0 Å². The Hall–Kier alpha value is -0.540. The van der Waals surface area contributed by atoms with E-state index in [1.165, 1.54) is 0 Å². The third-order valence-electron chi connectivity index (χ3n) is 2.41. The van der Waals surface area contributed by atoms with Crippen LogP contribution in [0.4, 0.5) is 0 Å². The molecule has 0 N–H and O–H groups in total. The van der Waals surface area contributed by atoms with E-state index in [4.69, 9.17) is 10.7 Å². The lowest BCUT2D eigenvalue weighted by Crippen LogP contribution is -2.15. The molecule has 2 nitrogen and oxygen atoms in total. The second kappa shape index (κ2) is 3.00. The molecule has 0 atom stereocenters. The Bertz CT molecular complexity index is 400. The van der Waals surface area contributed by atoms with Crippen molar-refractivity contribution in [2.45, 2.75) is 18.1 Å². The average Bonchev–Trinajstić information content (AvgIpc) is 2.45. The van der Waals surface area contributed by atoms with E-state index in [9.17, 15) is 8.42 Å². The molecule has 0 spiro atoms. The van der Waals surface area contributed by atoms with Crippen LogP contribution in [0.25, 0.3) is 0 Å². The summed E-state index contributed by atoms with van der Waals surface area (Å²) in [7, 11) is 1.90. The molecule has 1 aliphatic rings. The summed E-state index contributed by atoms with van der Waals surface area (Å²) in [5.74, 6) is 0. The summed E-state index contributed by atoms with van der Waals surface area (Å²) < 4.78 is 22.1. The number of halogens is 1. The molecule has 1 aliphatic carbocycles. The van der Waals surface area contributed by atoms with Crippen molar-refractivity contribution in [1.82, 2.24) is 0 Å². The Labute approximate surface area is 82.0 Å². The number of hydrogen-bond donors (Lipinski definition) is 0. The fraction of sp³-hybridized carbons (Fsp3) is 0.333. The predicted molar refractivity (Wildman–Crippen MR) is 52.4 cm³/mol. The Kier molecular flexibility index (Phi) is 2.08. The first-order valence-corrected chi connectivity index (χ1v) is 6.45. The second-order valence-corrected chi connectivity index (χ2v) is 6.18. The van der Waals surface area contributed by atoms with Crippen molar-refractivity contribution in [3.63, 3.8) is 0 Å². The van der Waals surface area contributed by atoms with Gasteiger partial charge in [-0.3, -0.25) is 0 Å². The van der Waals surface area contributed by atoms with E-state index >= 15 is 0 Å². The minimum absolute atomic E-state index is 0.424. The van der Waals surface area contributed by atoms with Crippen LogP contribution in [0.5, 0.6) is 0 Å². The predicted octanol–water partition coefficient (Wildman–Crippen LogP) is 1.72. The van der Waals surface area contributed by atoms with Gasteiger partial charge in [0.25, 0.3) is 0 Å². The molecule has 4 heteroatoms. The molecule has 1 aromatic rings. The maximum absolute atomic E-state index is 11.1. The lowest BCUT2D eigenvalue weighted by atomic mass is 10.1. The van der Waals surface area contributed by atoms with Gasteiger partial charge in [0.15, 0.2) is 0 Å². The Morgan fingerprint density at radius 3 is 2.00 bits per heavy atom. The van der Waals surface area contributed by atoms with Gasteiger partial charge < -0.3 is 0 Å². The summed E-state index contributed by atoms with van der Waals surface area (Å²) in [5, 5.41) is -0.424. The SMILES string of the molecule is O=S(=O)(Cl)C1Cc2ccccc2C1. The topological polar surface area (TPSA) is 34.1 Å². The zero-order valence-electron chi connectivity index (χ0n) is 6.90. The van der Waals surface area contributed by atoms with E-state index in [0.29, 0.717) is 12.8 Å². The molecule has 1 aromatic carbocycles. The van der Waals surface area contributed by atoms with E-state index in [1.54, 1.807) is 0 Å². The van der Waals surface area contributed by atoms with Crippen LogP contribution in [0.2, 0.25) is 0 Å². The number of benzene rings is 1. The molecule has 0 bridgehead atoms. The number of fused-ring (bicyclic) bond motifs is 1. The summed E-state index contributed by atoms with van der Waals surface area (Å²) in [6.45, 7) is 0. The molecule has 0 aliphatic heterocycles. The molecule has 0 unspecified atom stereocenters.